The molecule has 6 heteroatoms. The minimum absolute atomic E-state index is 0.0514. The third kappa shape index (κ3) is 2.87. The highest BCUT2D eigenvalue weighted by atomic mass is 16.2. The van der Waals surface area contributed by atoms with Gasteiger partial charge in [-0.3, -0.25) is 9.48 Å². The molecule has 3 aromatic rings. The molecule has 4 rings (SSSR count). The highest BCUT2D eigenvalue weighted by molar-refractivity contribution is 5.80. The van der Waals surface area contributed by atoms with E-state index in [-0.39, 0.29) is 11.9 Å². The lowest BCUT2D eigenvalue weighted by Gasteiger charge is -2.21. The first-order valence-corrected chi connectivity index (χ1v) is 8.74. The second-order valence-electron chi connectivity index (χ2n) is 6.77. The van der Waals surface area contributed by atoms with Gasteiger partial charge in [0.25, 0.3) is 0 Å². The van der Waals surface area contributed by atoms with Crippen LogP contribution in [0.25, 0.3) is 11.4 Å². The van der Waals surface area contributed by atoms with Crippen molar-refractivity contribution in [1.29, 1.82) is 0 Å². The zero-order valence-corrected chi connectivity index (χ0v) is 15.2. The Morgan fingerprint density at radius 3 is 2.62 bits per heavy atom. The van der Waals surface area contributed by atoms with Crippen molar-refractivity contribution in [3.63, 3.8) is 0 Å². The van der Waals surface area contributed by atoms with Gasteiger partial charge in [-0.15, -0.1) is 0 Å². The Hall–Kier alpha value is -3.02. The molecule has 6 nitrogen and oxygen atoms in total. The number of nitrogens with zero attached hydrogens (tertiary/aromatic N) is 5. The molecule has 0 bridgehead atoms. The fourth-order valence-electron chi connectivity index (χ4n) is 3.44. The second-order valence-corrected chi connectivity index (χ2v) is 6.77. The second kappa shape index (κ2) is 6.37. The molecule has 3 heterocycles. The van der Waals surface area contributed by atoms with Gasteiger partial charge >= 0.3 is 0 Å². The van der Waals surface area contributed by atoms with Crippen molar-refractivity contribution < 1.29 is 4.79 Å². The molecule has 0 aliphatic carbocycles. The van der Waals surface area contributed by atoms with Crippen molar-refractivity contribution >= 4 is 5.91 Å². The van der Waals surface area contributed by atoms with Crippen LogP contribution in [0.15, 0.2) is 42.6 Å². The van der Waals surface area contributed by atoms with Crippen LogP contribution in [-0.2, 0) is 17.9 Å². The van der Waals surface area contributed by atoms with E-state index in [1.165, 1.54) is 0 Å². The van der Waals surface area contributed by atoms with Gasteiger partial charge in [0, 0.05) is 29.6 Å². The Morgan fingerprint density at radius 1 is 1.15 bits per heavy atom. The van der Waals surface area contributed by atoms with Gasteiger partial charge in [-0.1, -0.05) is 30.3 Å². The molecule has 1 atom stereocenters. The molecule has 2 aromatic heterocycles. The summed E-state index contributed by atoms with van der Waals surface area (Å²) in [6, 6.07) is 11.5. The van der Waals surface area contributed by atoms with Crippen LogP contribution >= 0.6 is 0 Å². The quantitative estimate of drug-likeness (QED) is 0.730. The van der Waals surface area contributed by atoms with Crippen LogP contribution in [-0.4, -0.2) is 30.6 Å². The zero-order valence-electron chi connectivity index (χ0n) is 15.2. The number of carbonyl (C=O) groups is 1. The van der Waals surface area contributed by atoms with Crippen molar-refractivity contribution in [3.8, 4) is 11.4 Å². The Labute approximate surface area is 152 Å². The van der Waals surface area contributed by atoms with Gasteiger partial charge < -0.3 is 4.90 Å². The third-order valence-electron chi connectivity index (χ3n) is 4.77. The molecule has 0 N–H and O–H groups in total. The first kappa shape index (κ1) is 16.4. The van der Waals surface area contributed by atoms with Crippen LogP contribution in [0.4, 0.5) is 0 Å². The van der Waals surface area contributed by atoms with Crippen molar-refractivity contribution in [1.82, 2.24) is 24.6 Å². The average molecular weight is 347 g/mol. The number of fused-ring (bicyclic) bond motifs is 1. The highest BCUT2D eigenvalue weighted by Crippen LogP contribution is 2.26. The van der Waals surface area contributed by atoms with E-state index in [9.17, 15) is 4.79 Å². The predicted octanol–water partition coefficient (Wildman–Crippen LogP) is 3.06. The first-order valence-electron chi connectivity index (χ1n) is 8.74. The summed E-state index contributed by atoms with van der Waals surface area (Å²) < 4.78 is 1.79. The molecule has 1 aromatic carbocycles. The van der Waals surface area contributed by atoms with Crippen LogP contribution < -0.4 is 0 Å². The summed E-state index contributed by atoms with van der Waals surface area (Å²) in [5.74, 6) is 0.751. The Morgan fingerprint density at radius 2 is 1.92 bits per heavy atom. The van der Waals surface area contributed by atoms with Crippen LogP contribution in [0.3, 0.4) is 0 Å². The van der Waals surface area contributed by atoms with Gasteiger partial charge in [0.15, 0.2) is 5.82 Å². The van der Waals surface area contributed by atoms with E-state index >= 15 is 0 Å². The molecule has 0 saturated heterocycles. The summed E-state index contributed by atoms with van der Waals surface area (Å²) >= 11 is 0. The van der Waals surface area contributed by atoms with E-state index < -0.39 is 0 Å². The Bertz CT molecular complexity index is 964. The van der Waals surface area contributed by atoms with Gasteiger partial charge in [0.2, 0.25) is 5.91 Å². The third-order valence-corrected chi connectivity index (χ3v) is 4.77. The van der Waals surface area contributed by atoms with Gasteiger partial charge in [0.05, 0.1) is 17.9 Å². The Kier molecular flexibility index (Phi) is 4.03. The molecule has 132 valence electrons. The van der Waals surface area contributed by atoms with E-state index in [4.69, 9.17) is 0 Å². The number of hydrogen-bond acceptors (Lipinski definition) is 4. The van der Waals surface area contributed by atoms with Gasteiger partial charge in [-0.2, -0.15) is 5.10 Å². The van der Waals surface area contributed by atoms with Crippen LogP contribution in [0, 0.1) is 13.8 Å². The van der Waals surface area contributed by atoms with E-state index in [0.717, 1.165) is 28.2 Å². The van der Waals surface area contributed by atoms with Crippen molar-refractivity contribution in [2.24, 2.45) is 0 Å². The fraction of sp³-hybridized carbons (Fsp3) is 0.300. The van der Waals surface area contributed by atoms with Crippen LogP contribution in [0.5, 0.6) is 0 Å². The predicted molar refractivity (Wildman–Crippen MR) is 98.1 cm³/mol. The molecule has 0 saturated carbocycles. The lowest BCUT2D eigenvalue weighted by Crippen LogP contribution is -2.33. The maximum atomic E-state index is 12.9. The molecule has 1 amide bonds. The number of hydrogen-bond donors (Lipinski definition) is 0. The number of aryl methyl sites for hydroxylation is 2. The number of carbonyl (C=O) groups excluding carboxylic acids is 1. The standard InChI is InChI=1S/C20H21N5O/c1-13-9-14(2)25(23-13)15(3)20(26)24-11-17-10-21-19(22-18(17)12-24)16-7-5-4-6-8-16/h4-10,15H,11-12H2,1-3H3. The van der Waals surface area contributed by atoms with Crippen molar-refractivity contribution in [2.75, 3.05) is 0 Å². The Balaban J connectivity index is 1.55. The molecular formula is C20H21N5O. The maximum absolute atomic E-state index is 12.9. The number of amides is 1. The highest BCUT2D eigenvalue weighted by Gasteiger charge is 2.30. The van der Waals surface area contributed by atoms with Crippen LogP contribution in [0.1, 0.15) is 35.6 Å². The topological polar surface area (TPSA) is 63.9 Å². The summed E-state index contributed by atoms with van der Waals surface area (Å²) in [7, 11) is 0. The molecular weight excluding hydrogens is 326 g/mol. The largest absolute Gasteiger partial charge is 0.330 e. The van der Waals surface area contributed by atoms with Gasteiger partial charge in [-0.05, 0) is 26.8 Å². The monoisotopic (exact) mass is 347 g/mol. The summed E-state index contributed by atoms with van der Waals surface area (Å²) in [4.78, 5) is 23.9. The summed E-state index contributed by atoms with van der Waals surface area (Å²) in [6.45, 7) is 6.87. The van der Waals surface area contributed by atoms with Crippen molar-refractivity contribution in [2.45, 2.75) is 39.9 Å². The molecule has 0 radical (unpaired) electrons. The van der Waals surface area contributed by atoms with E-state index in [0.29, 0.717) is 18.9 Å². The van der Waals surface area contributed by atoms with Crippen molar-refractivity contribution in [3.05, 3.63) is 65.2 Å². The van der Waals surface area contributed by atoms with Gasteiger partial charge in [-0.25, -0.2) is 9.97 Å². The number of benzene rings is 1. The normalized spacial score (nSPS) is 14.3. The summed E-state index contributed by atoms with van der Waals surface area (Å²) in [5, 5.41) is 4.45. The average Bonchev–Trinajstić information content (AvgIpc) is 3.23. The first-order chi connectivity index (χ1) is 12.5. The smallest absolute Gasteiger partial charge is 0.247 e. The van der Waals surface area contributed by atoms with Crippen LogP contribution in [0.2, 0.25) is 0 Å². The molecule has 0 spiro atoms. The molecule has 26 heavy (non-hydrogen) atoms. The summed E-state index contributed by atoms with van der Waals surface area (Å²) in [5.41, 5.74) is 4.83. The minimum atomic E-state index is -0.334. The fourth-order valence-corrected chi connectivity index (χ4v) is 3.44. The minimum Gasteiger partial charge on any atom is -0.330 e. The molecule has 1 unspecified atom stereocenters. The lowest BCUT2D eigenvalue weighted by molar-refractivity contribution is -0.135. The SMILES string of the molecule is Cc1cc(C)n(C(C)C(=O)N2Cc3cnc(-c4ccccc4)nc3C2)n1. The summed E-state index contributed by atoms with van der Waals surface area (Å²) in [6.07, 6.45) is 1.84. The number of aromatic nitrogens is 4. The molecule has 0 fully saturated rings. The van der Waals surface area contributed by atoms with E-state index in [1.54, 1.807) is 4.68 Å². The van der Waals surface area contributed by atoms with Gasteiger partial charge in [0.1, 0.15) is 6.04 Å². The van der Waals surface area contributed by atoms with E-state index in [2.05, 4.69) is 15.1 Å². The maximum Gasteiger partial charge on any atom is 0.247 e. The lowest BCUT2D eigenvalue weighted by atomic mass is 10.2. The number of rotatable bonds is 3. The van der Waals surface area contributed by atoms with E-state index in [1.807, 2.05) is 68.3 Å². The molecule has 1 aliphatic rings. The zero-order chi connectivity index (χ0) is 18.3. The molecule has 1 aliphatic heterocycles.